The van der Waals surface area contributed by atoms with Crippen molar-refractivity contribution in [3.8, 4) is 0 Å². The lowest BCUT2D eigenvalue weighted by atomic mass is 10.2. The molecule has 134 valence electrons. The van der Waals surface area contributed by atoms with Gasteiger partial charge in [-0.1, -0.05) is 0 Å². The maximum absolute atomic E-state index is 11.8. The summed E-state index contributed by atoms with van der Waals surface area (Å²) >= 11 is 0. The number of hydrogen-bond donors (Lipinski definition) is 1. The molecule has 0 aliphatic heterocycles. The smallest absolute Gasteiger partial charge is 0.407 e. The van der Waals surface area contributed by atoms with Crippen molar-refractivity contribution in [2.24, 2.45) is 0 Å². The van der Waals surface area contributed by atoms with E-state index < -0.39 is 11.7 Å². The lowest BCUT2D eigenvalue weighted by Crippen LogP contribution is -2.34. The molecule has 1 amide bonds. The van der Waals surface area contributed by atoms with Crippen molar-refractivity contribution < 1.29 is 9.53 Å². The van der Waals surface area contributed by atoms with Crippen molar-refractivity contribution in [2.75, 3.05) is 6.54 Å². The highest BCUT2D eigenvalue weighted by atomic mass is 16.6. The molecule has 0 atom stereocenters. The molecule has 9 nitrogen and oxygen atoms in total. The van der Waals surface area contributed by atoms with Crippen LogP contribution in [0.5, 0.6) is 0 Å². The van der Waals surface area contributed by atoms with Gasteiger partial charge in [0.15, 0.2) is 0 Å². The van der Waals surface area contributed by atoms with Crippen molar-refractivity contribution in [1.82, 2.24) is 34.9 Å². The number of aromatic nitrogens is 6. The number of pyridine rings is 1. The number of tetrazole rings is 1. The van der Waals surface area contributed by atoms with E-state index >= 15 is 0 Å². The van der Waals surface area contributed by atoms with Crippen LogP contribution in [0.15, 0.2) is 0 Å². The van der Waals surface area contributed by atoms with Gasteiger partial charge in [0.05, 0.1) is 5.52 Å². The van der Waals surface area contributed by atoms with Crippen LogP contribution in [0.3, 0.4) is 0 Å². The zero-order chi connectivity index (χ0) is 18.4. The second-order valence-corrected chi connectivity index (χ2v) is 7.06. The molecule has 0 saturated carbocycles. The van der Waals surface area contributed by atoms with Gasteiger partial charge in [-0.05, 0) is 57.5 Å². The Morgan fingerprint density at radius 3 is 2.64 bits per heavy atom. The molecule has 1 N–H and O–H groups in total. The fraction of sp³-hybridized carbons (Fsp3) is 0.562. The van der Waals surface area contributed by atoms with Crippen molar-refractivity contribution in [2.45, 2.75) is 53.7 Å². The first kappa shape index (κ1) is 17.1. The van der Waals surface area contributed by atoms with Crippen LogP contribution in [-0.4, -0.2) is 47.8 Å². The molecule has 0 bridgehead atoms. The van der Waals surface area contributed by atoms with E-state index in [1.54, 1.807) is 4.52 Å². The highest BCUT2D eigenvalue weighted by Gasteiger charge is 2.19. The average molecular weight is 345 g/mol. The summed E-state index contributed by atoms with van der Waals surface area (Å²) in [6.45, 7) is 12.5. The number of nitrogens with one attached hydrogen (secondary N) is 1. The number of imidazole rings is 1. The van der Waals surface area contributed by atoms with Gasteiger partial charge in [0, 0.05) is 18.8 Å². The van der Waals surface area contributed by atoms with Gasteiger partial charge in [-0.3, -0.25) is 0 Å². The Bertz CT molecular complexity index is 949. The van der Waals surface area contributed by atoms with Crippen LogP contribution in [0.25, 0.3) is 16.7 Å². The summed E-state index contributed by atoms with van der Waals surface area (Å²) in [6, 6.07) is 0. The van der Waals surface area contributed by atoms with Gasteiger partial charge < -0.3 is 14.6 Å². The van der Waals surface area contributed by atoms with E-state index in [-0.39, 0.29) is 0 Å². The maximum atomic E-state index is 11.8. The van der Waals surface area contributed by atoms with Gasteiger partial charge in [-0.2, -0.15) is 4.52 Å². The Hall–Kier alpha value is -2.71. The number of aryl methyl sites for hydroxylation is 3. The number of ether oxygens (including phenoxy) is 1. The Labute approximate surface area is 145 Å². The van der Waals surface area contributed by atoms with Gasteiger partial charge in [-0.25, -0.2) is 9.78 Å². The van der Waals surface area contributed by atoms with Crippen LogP contribution in [0, 0.1) is 20.8 Å². The van der Waals surface area contributed by atoms with E-state index in [9.17, 15) is 4.79 Å². The normalized spacial score (nSPS) is 12.1. The molecular formula is C16H23N7O2. The molecule has 0 saturated heterocycles. The van der Waals surface area contributed by atoms with Crippen LogP contribution in [-0.2, 0) is 11.3 Å². The Balaban J connectivity index is 1.88. The summed E-state index contributed by atoms with van der Waals surface area (Å²) in [7, 11) is 0. The molecule has 9 heteroatoms. The number of carbonyl (C=O) groups excluding carboxylic acids is 1. The van der Waals surface area contributed by atoms with Crippen molar-refractivity contribution in [1.29, 1.82) is 0 Å². The van der Waals surface area contributed by atoms with Gasteiger partial charge in [0.25, 0.3) is 0 Å². The lowest BCUT2D eigenvalue weighted by molar-refractivity contribution is 0.0526. The van der Waals surface area contributed by atoms with Gasteiger partial charge in [-0.15, -0.1) is 5.10 Å². The second kappa shape index (κ2) is 5.98. The molecule has 25 heavy (non-hydrogen) atoms. The topological polar surface area (TPSA) is 99.2 Å². The summed E-state index contributed by atoms with van der Waals surface area (Å²) in [4.78, 5) is 16.4. The third-order valence-electron chi connectivity index (χ3n) is 4.06. The predicted molar refractivity (Wildman–Crippen MR) is 92.5 cm³/mol. The third-order valence-corrected chi connectivity index (χ3v) is 4.06. The van der Waals surface area contributed by atoms with Crippen LogP contribution in [0.1, 0.15) is 37.9 Å². The second-order valence-electron chi connectivity index (χ2n) is 7.06. The monoisotopic (exact) mass is 345 g/mol. The molecule has 0 fully saturated rings. The molecule has 0 unspecified atom stereocenters. The lowest BCUT2D eigenvalue weighted by Gasteiger charge is -2.20. The maximum Gasteiger partial charge on any atom is 0.407 e. The first-order chi connectivity index (χ1) is 11.7. The van der Waals surface area contributed by atoms with Crippen molar-refractivity contribution in [3.63, 3.8) is 0 Å². The van der Waals surface area contributed by atoms with Gasteiger partial charge in [0.2, 0.25) is 5.65 Å². The van der Waals surface area contributed by atoms with E-state index in [0.29, 0.717) is 18.7 Å². The first-order valence-electron chi connectivity index (χ1n) is 8.20. The van der Waals surface area contributed by atoms with E-state index in [2.05, 4.69) is 30.4 Å². The average Bonchev–Trinajstić information content (AvgIpc) is 3.08. The SMILES string of the molecule is Cc1c(C)n2nnnc2c2nc(C)n(CCNC(=O)OC(C)(C)C)c12. The molecule has 3 heterocycles. The fourth-order valence-corrected chi connectivity index (χ4v) is 2.85. The number of alkyl carbamates (subject to hydrolysis) is 1. The first-order valence-corrected chi connectivity index (χ1v) is 8.20. The van der Waals surface area contributed by atoms with E-state index in [1.807, 2.05) is 41.5 Å². The van der Waals surface area contributed by atoms with E-state index in [0.717, 1.165) is 28.1 Å². The number of amides is 1. The number of hydrogen-bond acceptors (Lipinski definition) is 6. The standard InChI is InChI=1S/C16H23N7O2/c1-9-10(2)23-14(19-20-21-23)12-13(9)22(11(3)18-12)8-7-17-15(24)25-16(4,5)6/h7-8H2,1-6H3,(H,17,24). The largest absolute Gasteiger partial charge is 0.444 e. The quantitative estimate of drug-likeness (QED) is 0.778. The number of carbonyl (C=O) groups is 1. The number of rotatable bonds is 3. The Morgan fingerprint density at radius 1 is 1.24 bits per heavy atom. The third kappa shape index (κ3) is 3.13. The van der Waals surface area contributed by atoms with Crippen LogP contribution >= 0.6 is 0 Å². The minimum absolute atomic E-state index is 0.425. The van der Waals surface area contributed by atoms with Crippen LogP contribution in [0.4, 0.5) is 4.79 Å². The van der Waals surface area contributed by atoms with Crippen molar-refractivity contribution in [3.05, 3.63) is 17.1 Å². The highest BCUT2D eigenvalue weighted by molar-refractivity contribution is 5.91. The molecule has 3 rings (SSSR count). The summed E-state index contributed by atoms with van der Waals surface area (Å²) in [5.74, 6) is 0.847. The molecule has 3 aromatic rings. The van der Waals surface area contributed by atoms with Crippen LogP contribution < -0.4 is 5.32 Å². The molecule has 0 aliphatic carbocycles. The van der Waals surface area contributed by atoms with Gasteiger partial charge in [0.1, 0.15) is 16.9 Å². The predicted octanol–water partition coefficient (Wildman–Crippen LogP) is 1.92. The summed E-state index contributed by atoms with van der Waals surface area (Å²) < 4.78 is 9.04. The Kier molecular flexibility index (Phi) is 4.09. The van der Waals surface area contributed by atoms with Gasteiger partial charge >= 0.3 is 6.09 Å². The zero-order valence-corrected chi connectivity index (χ0v) is 15.4. The number of nitrogens with zero attached hydrogens (tertiary/aromatic N) is 6. The minimum atomic E-state index is -0.512. The molecule has 0 aliphatic rings. The molecular weight excluding hydrogens is 322 g/mol. The summed E-state index contributed by atoms with van der Waals surface area (Å²) in [5.41, 5.74) is 3.91. The Morgan fingerprint density at radius 2 is 1.96 bits per heavy atom. The van der Waals surface area contributed by atoms with E-state index in [4.69, 9.17) is 4.74 Å². The molecule has 0 spiro atoms. The molecule has 3 aromatic heterocycles. The molecule has 0 aromatic carbocycles. The summed E-state index contributed by atoms with van der Waals surface area (Å²) in [5, 5.41) is 14.6. The molecule has 0 radical (unpaired) electrons. The number of fused-ring (bicyclic) bond motifs is 3. The van der Waals surface area contributed by atoms with Crippen molar-refractivity contribution >= 4 is 22.8 Å². The zero-order valence-electron chi connectivity index (χ0n) is 15.4. The van der Waals surface area contributed by atoms with Crippen LogP contribution in [0.2, 0.25) is 0 Å². The minimum Gasteiger partial charge on any atom is -0.444 e. The summed E-state index contributed by atoms with van der Waals surface area (Å²) in [6.07, 6.45) is -0.425. The van der Waals surface area contributed by atoms with E-state index in [1.165, 1.54) is 0 Å². The highest BCUT2D eigenvalue weighted by Crippen LogP contribution is 2.25. The fourth-order valence-electron chi connectivity index (χ4n) is 2.85.